The van der Waals surface area contributed by atoms with Crippen molar-refractivity contribution in [1.82, 2.24) is 0 Å². The summed E-state index contributed by atoms with van der Waals surface area (Å²) in [4.78, 5) is 0. The van der Waals surface area contributed by atoms with Crippen LogP contribution in [0.15, 0.2) is 54.6 Å². The predicted octanol–water partition coefficient (Wildman–Crippen LogP) is 2.94. The molecule has 0 radical (unpaired) electrons. The average molecular weight is 242 g/mol. The molecule has 0 aliphatic heterocycles. The van der Waals surface area contributed by atoms with Crippen LogP contribution in [-0.4, -0.2) is 16.8 Å². The SMILES string of the molecule is CC(O)(CCO)c1ccc(-c2ccccc2)cc1. The van der Waals surface area contributed by atoms with Gasteiger partial charge in [-0.25, -0.2) is 0 Å². The fourth-order valence-corrected chi connectivity index (χ4v) is 2.01. The topological polar surface area (TPSA) is 40.5 Å². The maximum Gasteiger partial charge on any atom is 0.0890 e. The van der Waals surface area contributed by atoms with Crippen molar-refractivity contribution in [2.24, 2.45) is 0 Å². The fourth-order valence-electron chi connectivity index (χ4n) is 2.01. The van der Waals surface area contributed by atoms with Crippen molar-refractivity contribution >= 4 is 0 Å². The number of hydrogen-bond acceptors (Lipinski definition) is 2. The Morgan fingerprint density at radius 1 is 0.889 bits per heavy atom. The lowest BCUT2D eigenvalue weighted by Crippen LogP contribution is -2.22. The number of rotatable bonds is 4. The molecule has 0 bridgehead atoms. The minimum atomic E-state index is -0.968. The molecule has 0 saturated heterocycles. The minimum Gasteiger partial charge on any atom is -0.396 e. The molecule has 2 aromatic rings. The quantitative estimate of drug-likeness (QED) is 0.865. The summed E-state index contributed by atoms with van der Waals surface area (Å²) in [6, 6.07) is 17.9. The van der Waals surface area contributed by atoms with Gasteiger partial charge in [0.25, 0.3) is 0 Å². The first-order chi connectivity index (χ1) is 8.63. The molecule has 1 atom stereocenters. The molecule has 0 amide bonds. The van der Waals surface area contributed by atoms with E-state index < -0.39 is 5.60 Å². The maximum atomic E-state index is 10.2. The second-order valence-electron chi connectivity index (χ2n) is 4.69. The molecule has 94 valence electrons. The summed E-state index contributed by atoms with van der Waals surface area (Å²) in [5.74, 6) is 0. The smallest absolute Gasteiger partial charge is 0.0890 e. The molecule has 0 aliphatic carbocycles. The zero-order chi connectivity index (χ0) is 13.0. The Morgan fingerprint density at radius 2 is 1.44 bits per heavy atom. The third kappa shape index (κ3) is 2.78. The van der Waals surface area contributed by atoms with Crippen LogP contribution in [-0.2, 0) is 5.60 Å². The molecule has 0 aliphatic rings. The molecule has 2 N–H and O–H groups in total. The van der Waals surface area contributed by atoms with Gasteiger partial charge in [0.2, 0.25) is 0 Å². The van der Waals surface area contributed by atoms with E-state index in [2.05, 4.69) is 12.1 Å². The van der Waals surface area contributed by atoms with E-state index in [4.69, 9.17) is 5.11 Å². The summed E-state index contributed by atoms with van der Waals surface area (Å²) in [5.41, 5.74) is 2.14. The molecule has 0 saturated carbocycles. The van der Waals surface area contributed by atoms with Crippen LogP contribution in [0.1, 0.15) is 18.9 Å². The first kappa shape index (κ1) is 12.8. The summed E-state index contributed by atoms with van der Waals surface area (Å²) < 4.78 is 0. The van der Waals surface area contributed by atoms with Gasteiger partial charge in [-0.15, -0.1) is 0 Å². The highest BCUT2D eigenvalue weighted by molar-refractivity contribution is 5.63. The van der Waals surface area contributed by atoms with E-state index in [1.165, 1.54) is 0 Å². The maximum absolute atomic E-state index is 10.2. The Kier molecular flexibility index (Phi) is 3.80. The highest BCUT2D eigenvalue weighted by Crippen LogP contribution is 2.27. The zero-order valence-electron chi connectivity index (χ0n) is 10.5. The van der Waals surface area contributed by atoms with Crippen molar-refractivity contribution in [3.8, 4) is 11.1 Å². The van der Waals surface area contributed by atoms with Gasteiger partial charge < -0.3 is 10.2 Å². The summed E-state index contributed by atoms with van der Waals surface area (Å²) >= 11 is 0. The second-order valence-corrected chi connectivity index (χ2v) is 4.69. The summed E-state index contributed by atoms with van der Waals surface area (Å²) in [6.07, 6.45) is 0.345. The third-order valence-corrected chi connectivity index (χ3v) is 3.21. The van der Waals surface area contributed by atoms with E-state index in [-0.39, 0.29) is 6.61 Å². The molecule has 2 heteroatoms. The highest BCUT2D eigenvalue weighted by atomic mass is 16.3. The Bertz CT molecular complexity index is 486. The predicted molar refractivity (Wildman–Crippen MR) is 73.2 cm³/mol. The number of benzene rings is 2. The molecule has 1 unspecified atom stereocenters. The minimum absolute atomic E-state index is 0.0204. The molecule has 0 aromatic heterocycles. The van der Waals surface area contributed by atoms with Crippen LogP contribution in [0.5, 0.6) is 0 Å². The lowest BCUT2D eigenvalue weighted by Gasteiger charge is -2.23. The van der Waals surface area contributed by atoms with E-state index >= 15 is 0 Å². The molecule has 0 heterocycles. The largest absolute Gasteiger partial charge is 0.396 e. The van der Waals surface area contributed by atoms with Gasteiger partial charge in [-0.1, -0.05) is 54.6 Å². The normalized spacial score (nSPS) is 14.2. The van der Waals surface area contributed by atoms with Gasteiger partial charge in [0.15, 0.2) is 0 Å². The van der Waals surface area contributed by atoms with Crippen molar-refractivity contribution in [2.75, 3.05) is 6.61 Å². The lowest BCUT2D eigenvalue weighted by molar-refractivity contribution is 0.0299. The Hall–Kier alpha value is -1.64. The van der Waals surface area contributed by atoms with Crippen molar-refractivity contribution < 1.29 is 10.2 Å². The molecule has 2 aromatic carbocycles. The van der Waals surface area contributed by atoms with E-state index in [0.29, 0.717) is 6.42 Å². The highest BCUT2D eigenvalue weighted by Gasteiger charge is 2.21. The number of aliphatic hydroxyl groups is 2. The van der Waals surface area contributed by atoms with Gasteiger partial charge >= 0.3 is 0 Å². The Morgan fingerprint density at radius 3 is 2.00 bits per heavy atom. The van der Waals surface area contributed by atoms with Gasteiger partial charge in [0.05, 0.1) is 5.60 Å². The van der Waals surface area contributed by atoms with Crippen LogP contribution in [0, 0.1) is 0 Å². The van der Waals surface area contributed by atoms with Gasteiger partial charge in [0, 0.05) is 13.0 Å². The van der Waals surface area contributed by atoms with Crippen molar-refractivity contribution in [1.29, 1.82) is 0 Å². The monoisotopic (exact) mass is 242 g/mol. The lowest BCUT2D eigenvalue weighted by atomic mass is 9.91. The van der Waals surface area contributed by atoms with Crippen LogP contribution in [0.25, 0.3) is 11.1 Å². The Labute approximate surface area is 108 Å². The van der Waals surface area contributed by atoms with Crippen LogP contribution in [0.3, 0.4) is 0 Å². The van der Waals surface area contributed by atoms with Gasteiger partial charge in [-0.3, -0.25) is 0 Å². The molecular weight excluding hydrogens is 224 g/mol. The van der Waals surface area contributed by atoms with E-state index in [9.17, 15) is 5.11 Å². The van der Waals surface area contributed by atoms with Crippen LogP contribution < -0.4 is 0 Å². The van der Waals surface area contributed by atoms with Crippen molar-refractivity contribution in [2.45, 2.75) is 18.9 Å². The van der Waals surface area contributed by atoms with Crippen molar-refractivity contribution in [3.05, 3.63) is 60.2 Å². The number of hydrogen-bond donors (Lipinski definition) is 2. The van der Waals surface area contributed by atoms with Crippen molar-refractivity contribution in [3.63, 3.8) is 0 Å². The molecular formula is C16H18O2. The average Bonchev–Trinajstić information content (AvgIpc) is 2.40. The zero-order valence-corrected chi connectivity index (χ0v) is 10.5. The standard InChI is InChI=1S/C16H18O2/c1-16(18,11-12-17)15-9-7-14(8-10-15)13-5-3-2-4-6-13/h2-10,17-18H,11-12H2,1H3. The first-order valence-corrected chi connectivity index (χ1v) is 6.13. The van der Waals surface area contributed by atoms with E-state index in [0.717, 1.165) is 16.7 Å². The third-order valence-electron chi connectivity index (χ3n) is 3.21. The van der Waals surface area contributed by atoms with Crippen LogP contribution in [0.2, 0.25) is 0 Å². The summed E-state index contributed by atoms with van der Waals surface area (Å²) in [6.45, 7) is 1.70. The number of aliphatic hydroxyl groups excluding tert-OH is 1. The molecule has 2 rings (SSSR count). The summed E-state index contributed by atoms with van der Waals surface area (Å²) in [7, 11) is 0. The molecule has 2 nitrogen and oxygen atoms in total. The van der Waals surface area contributed by atoms with Crippen LogP contribution in [0.4, 0.5) is 0 Å². The second kappa shape index (κ2) is 5.34. The van der Waals surface area contributed by atoms with Crippen LogP contribution >= 0.6 is 0 Å². The van der Waals surface area contributed by atoms with E-state index in [1.54, 1.807) is 6.92 Å². The van der Waals surface area contributed by atoms with Gasteiger partial charge in [-0.2, -0.15) is 0 Å². The first-order valence-electron chi connectivity index (χ1n) is 6.13. The fraction of sp³-hybridized carbons (Fsp3) is 0.250. The van der Waals surface area contributed by atoms with Gasteiger partial charge in [-0.05, 0) is 23.6 Å². The molecule has 0 fully saturated rings. The van der Waals surface area contributed by atoms with Gasteiger partial charge in [0.1, 0.15) is 0 Å². The summed E-state index contributed by atoms with van der Waals surface area (Å²) in [5, 5.41) is 19.1. The van der Waals surface area contributed by atoms with E-state index in [1.807, 2.05) is 42.5 Å². The molecule has 18 heavy (non-hydrogen) atoms. The Balaban J connectivity index is 2.26. The molecule has 0 spiro atoms.